The third kappa shape index (κ3) is 2.91. The number of halogens is 1. The van der Waals surface area contributed by atoms with Crippen LogP contribution >= 0.6 is 22.9 Å². The molecule has 96 valence electrons. The predicted octanol–water partition coefficient (Wildman–Crippen LogP) is 3.12. The molecule has 0 aromatic carbocycles. The molecule has 0 radical (unpaired) electrons. The predicted molar refractivity (Wildman–Crippen MR) is 70.8 cm³/mol. The number of thiophene rings is 1. The number of aromatic nitrogens is 1. The Bertz CT molecular complexity index is 550. The van der Waals surface area contributed by atoms with Gasteiger partial charge in [0, 0.05) is 4.88 Å². The SMILES string of the molecule is Cc1ocnc1CNC(=O)[C@H](C)c1ccc(Cl)s1. The van der Waals surface area contributed by atoms with Crippen molar-refractivity contribution in [3.63, 3.8) is 0 Å². The average molecular weight is 285 g/mol. The minimum atomic E-state index is -0.213. The third-order valence-electron chi connectivity index (χ3n) is 2.69. The van der Waals surface area contributed by atoms with Crippen molar-refractivity contribution >= 4 is 28.8 Å². The van der Waals surface area contributed by atoms with Gasteiger partial charge in [-0.1, -0.05) is 11.6 Å². The van der Waals surface area contributed by atoms with Crippen LogP contribution in [0, 0.1) is 6.92 Å². The van der Waals surface area contributed by atoms with Gasteiger partial charge in [-0.15, -0.1) is 11.3 Å². The van der Waals surface area contributed by atoms with E-state index in [2.05, 4.69) is 10.3 Å². The molecule has 0 aliphatic heterocycles. The van der Waals surface area contributed by atoms with Crippen molar-refractivity contribution in [2.75, 3.05) is 0 Å². The number of hydrogen-bond acceptors (Lipinski definition) is 4. The number of carbonyl (C=O) groups excluding carboxylic acids is 1. The van der Waals surface area contributed by atoms with Crippen molar-refractivity contribution in [1.82, 2.24) is 10.3 Å². The number of amides is 1. The van der Waals surface area contributed by atoms with Crippen LogP contribution in [0.15, 0.2) is 22.9 Å². The van der Waals surface area contributed by atoms with Crippen molar-refractivity contribution in [3.8, 4) is 0 Å². The highest BCUT2D eigenvalue weighted by Gasteiger charge is 2.17. The molecule has 0 unspecified atom stereocenters. The maximum atomic E-state index is 12.0. The van der Waals surface area contributed by atoms with E-state index in [0.717, 1.165) is 16.3 Å². The Balaban J connectivity index is 1.94. The van der Waals surface area contributed by atoms with E-state index in [-0.39, 0.29) is 11.8 Å². The Labute approximate surface area is 114 Å². The van der Waals surface area contributed by atoms with Crippen LogP contribution in [0.25, 0.3) is 0 Å². The van der Waals surface area contributed by atoms with Crippen molar-refractivity contribution in [3.05, 3.63) is 39.2 Å². The molecule has 2 aromatic rings. The Morgan fingerprint density at radius 1 is 1.61 bits per heavy atom. The first-order chi connectivity index (χ1) is 8.58. The maximum absolute atomic E-state index is 12.0. The number of nitrogens with one attached hydrogen (secondary N) is 1. The van der Waals surface area contributed by atoms with Gasteiger partial charge in [0.1, 0.15) is 11.5 Å². The highest BCUT2D eigenvalue weighted by molar-refractivity contribution is 7.16. The quantitative estimate of drug-likeness (QED) is 0.938. The van der Waals surface area contributed by atoms with Gasteiger partial charge in [0.2, 0.25) is 5.91 Å². The second kappa shape index (κ2) is 5.54. The summed E-state index contributed by atoms with van der Waals surface area (Å²) in [5, 5.41) is 2.84. The van der Waals surface area contributed by atoms with Crippen molar-refractivity contribution in [2.45, 2.75) is 26.3 Å². The molecule has 4 nitrogen and oxygen atoms in total. The number of nitrogens with zero attached hydrogens (tertiary/aromatic N) is 1. The molecule has 2 heterocycles. The Hall–Kier alpha value is -1.33. The summed E-state index contributed by atoms with van der Waals surface area (Å²) in [5.74, 6) is 0.466. The van der Waals surface area contributed by atoms with E-state index in [1.807, 2.05) is 19.9 Å². The van der Waals surface area contributed by atoms with Gasteiger partial charge in [-0.2, -0.15) is 0 Å². The van der Waals surface area contributed by atoms with Crippen LogP contribution in [0.2, 0.25) is 4.34 Å². The van der Waals surface area contributed by atoms with E-state index in [1.54, 1.807) is 6.07 Å². The van der Waals surface area contributed by atoms with Crippen molar-refractivity contribution in [1.29, 1.82) is 0 Å². The van der Waals surface area contributed by atoms with Crippen LogP contribution in [0.4, 0.5) is 0 Å². The highest BCUT2D eigenvalue weighted by Crippen LogP contribution is 2.28. The van der Waals surface area contributed by atoms with E-state index in [9.17, 15) is 4.79 Å². The van der Waals surface area contributed by atoms with E-state index < -0.39 is 0 Å². The molecule has 18 heavy (non-hydrogen) atoms. The first-order valence-electron chi connectivity index (χ1n) is 5.50. The number of carbonyl (C=O) groups is 1. The summed E-state index contributed by atoms with van der Waals surface area (Å²) in [4.78, 5) is 16.9. The summed E-state index contributed by atoms with van der Waals surface area (Å²) < 4.78 is 5.76. The van der Waals surface area contributed by atoms with E-state index in [1.165, 1.54) is 17.7 Å². The zero-order chi connectivity index (χ0) is 13.1. The Kier molecular flexibility index (Phi) is 4.04. The topological polar surface area (TPSA) is 55.1 Å². The van der Waals surface area contributed by atoms with Crippen LogP contribution < -0.4 is 5.32 Å². The monoisotopic (exact) mass is 284 g/mol. The lowest BCUT2D eigenvalue weighted by Crippen LogP contribution is -2.27. The standard InChI is InChI=1S/C12H13ClN2O2S/c1-7(10-3-4-11(13)18-10)12(16)14-5-9-8(2)17-6-15-9/h3-4,6-7H,5H2,1-2H3,(H,14,16)/t7-/m1/s1. The molecule has 1 N–H and O–H groups in total. The van der Waals surface area contributed by atoms with Gasteiger partial charge in [-0.25, -0.2) is 4.98 Å². The zero-order valence-corrected chi connectivity index (χ0v) is 11.6. The summed E-state index contributed by atoms with van der Waals surface area (Å²) in [5.41, 5.74) is 0.750. The summed E-state index contributed by atoms with van der Waals surface area (Å²) >= 11 is 7.27. The summed E-state index contributed by atoms with van der Waals surface area (Å²) in [6, 6.07) is 3.67. The van der Waals surface area contributed by atoms with E-state index in [0.29, 0.717) is 10.9 Å². The molecule has 2 rings (SSSR count). The van der Waals surface area contributed by atoms with Gasteiger partial charge < -0.3 is 9.73 Å². The third-order valence-corrected chi connectivity index (χ3v) is 4.10. The lowest BCUT2D eigenvalue weighted by molar-refractivity contribution is -0.122. The van der Waals surface area contributed by atoms with Gasteiger partial charge >= 0.3 is 0 Å². The summed E-state index contributed by atoms with van der Waals surface area (Å²) in [6.07, 6.45) is 1.37. The van der Waals surface area contributed by atoms with Crippen LogP contribution in [0.3, 0.4) is 0 Å². The maximum Gasteiger partial charge on any atom is 0.228 e. The highest BCUT2D eigenvalue weighted by atomic mass is 35.5. The molecule has 0 saturated heterocycles. The lowest BCUT2D eigenvalue weighted by Gasteiger charge is -2.09. The van der Waals surface area contributed by atoms with Gasteiger partial charge in [0.15, 0.2) is 6.39 Å². The molecular formula is C12H13ClN2O2S. The van der Waals surface area contributed by atoms with Crippen LogP contribution in [0.5, 0.6) is 0 Å². The minimum Gasteiger partial charge on any atom is -0.448 e. The zero-order valence-electron chi connectivity index (χ0n) is 10.1. The van der Waals surface area contributed by atoms with E-state index >= 15 is 0 Å². The molecular weight excluding hydrogens is 272 g/mol. The first kappa shape index (κ1) is 13.1. The van der Waals surface area contributed by atoms with Crippen molar-refractivity contribution in [2.24, 2.45) is 0 Å². The molecule has 1 amide bonds. The molecule has 2 aromatic heterocycles. The fourth-order valence-corrected chi connectivity index (χ4v) is 2.62. The second-order valence-corrected chi connectivity index (χ2v) is 5.68. The molecule has 0 spiro atoms. The average Bonchev–Trinajstić information content (AvgIpc) is 2.94. The number of aryl methyl sites for hydroxylation is 1. The number of rotatable bonds is 4. The molecule has 0 aliphatic carbocycles. The summed E-state index contributed by atoms with van der Waals surface area (Å²) in [7, 11) is 0. The molecule has 1 atom stereocenters. The van der Waals surface area contributed by atoms with Crippen molar-refractivity contribution < 1.29 is 9.21 Å². The Morgan fingerprint density at radius 2 is 2.39 bits per heavy atom. The summed E-state index contributed by atoms with van der Waals surface area (Å²) in [6.45, 7) is 4.05. The van der Waals surface area contributed by atoms with Crippen LogP contribution in [0.1, 0.15) is 29.2 Å². The molecule has 6 heteroatoms. The number of oxazole rings is 1. The van der Waals surface area contributed by atoms with Gasteiger partial charge in [-0.05, 0) is 26.0 Å². The van der Waals surface area contributed by atoms with Gasteiger partial charge in [0.25, 0.3) is 0 Å². The van der Waals surface area contributed by atoms with Crippen LogP contribution in [-0.4, -0.2) is 10.9 Å². The largest absolute Gasteiger partial charge is 0.448 e. The smallest absolute Gasteiger partial charge is 0.228 e. The minimum absolute atomic E-state index is 0.0454. The van der Waals surface area contributed by atoms with Gasteiger partial charge in [-0.3, -0.25) is 4.79 Å². The Morgan fingerprint density at radius 3 is 2.94 bits per heavy atom. The normalized spacial score (nSPS) is 12.4. The fraction of sp³-hybridized carbons (Fsp3) is 0.333. The fourth-order valence-electron chi connectivity index (χ4n) is 1.51. The van der Waals surface area contributed by atoms with E-state index in [4.69, 9.17) is 16.0 Å². The first-order valence-corrected chi connectivity index (χ1v) is 6.69. The molecule has 0 aliphatic rings. The lowest BCUT2D eigenvalue weighted by atomic mass is 10.1. The van der Waals surface area contributed by atoms with Gasteiger partial charge in [0.05, 0.1) is 16.8 Å². The molecule has 0 fully saturated rings. The molecule has 0 bridgehead atoms. The second-order valence-electron chi connectivity index (χ2n) is 3.94. The van der Waals surface area contributed by atoms with Crippen LogP contribution in [-0.2, 0) is 11.3 Å². The molecule has 0 saturated carbocycles. The number of hydrogen-bond donors (Lipinski definition) is 1.